The summed E-state index contributed by atoms with van der Waals surface area (Å²) in [6, 6.07) is 5.75. The Morgan fingerprint density at radius 3 is 2.76 bits per heavy atom. The average Bonchev–Trinajstić information content (AvgIpc) is 2.32. The molecule has 1 N–H and O–H groups in total. The van der Waals surface area contributed by atoms with Crippen LogP contribution in [0.3, 0.4) is 0 Å². The van der Waals surface area contributed by atoms with E-state index in [1.807, 2.05) is 25.2 Å². The molecule has 0 saturated heterocycles. The number of hydrogen-bond acceptors (Lipinski definition) is 3. The molecule has 0 aliphatic carbocycles. The van der Waals surface area contributed by atoms with Crippen LogP contribution in [-0.4, -0.2) is 33.4 Å². The number of halogens is 1. The van der Waals surface area contributed by atoms with Crippen molar-refractivity contribution in [3.05, 3.63) is 28.8 Å². The minimum atomic E-state index is 0.0101. The van der Waals surface area contributed by atoms with Crippen LogP contribution in [0.15, 0.2) is 18.2 Å². The molecule has 0 amide bonds. The first-order valence-corrected chi connectivity index (χ1v) is 6.17. The van der Waals surface area contributed by atoms with Gasteiger partial charge in [0.25, 0.3) is 0 Å². The Bertz CT molecular complexity index is 338. The first kappa shape index (κ1) is 14.3. The van der Waals surface area contributed by atoms with Crippen molar-refractivity contribution in [2.75, 3.05) is 27.3 Å². The maximum absolute atomic E-state index is 6.06. The molecular weight excluding hydrogens is 238 g/mol. The number of aryl methyl sites for hydroxylation is 1. The smallest absolute Gasteiger partial charge is 0.134 e. The first-order valence-electron chi connectivity index (χ1n) is 5.79. The zero-order valence-electron chi connectivity index (χ0n) is 10.6. The molecule has 0 aromatic heterocycles. The van der Waals surface area contributed by atoms with Gasteiger partial charge in [-0.15, -0.1) is 0 Å². The molecular formula is C13H20ClNO2. The van der Waals surface area contributed by atoms with Gasteiger partial charge >= 0.3 is 0 Å². The van der Waals surface area contributed by atoms with E-state index in [4.69, 9.17) is 21.1 Å². The largest absolute Gasteiger partial charge is 0.487 e. The summed E-state index contributed by atoms with van der Waals surface area (Å²) in [4.78, 5) is 0. The lowest BCUT2D eigenvalue weighted by molar-refractivity contribution is 0.0818. The van der Waals surface area contributed by atoms with Gasteiger partial charge in [0.15, 0.2) is 0 Å². The standard InChI is InChI=1S/C13H20ClNO2/c1-4-10-7-11(5-6-13(10)14)17-12(8-15-2)9-16-3/h5-7,12,15H,4,8-9H2,1-3H3. The molecule has 1 atom stereocenters. The third-order valence-electron chi connectivity index (χ3n) is 2.49. The van der Waals surface area contributed by atoms with Crippen LogP contribution in [0.2, 0.25) is 5.02 Å². The average molecular weight is 258 g/mol. The fourth-order valence-electron chi connectivity index (χ4n) is 1.64. The molecule has 4 heteroatoms. The second-order valence-corrected chi connectivity index (χ2v) is 4.27. The summed E-state index contributed by atoms with van der Waals surface area (Å²) in [6.07, 6.45) is 0.910. The van der Waals surface area contributed by atoms with E-state index in [0.29, 0.717) is 6.61 Å². The predicted octanol–water partition coefficient (Wildman–Crippen LogP) is 2.52. The van der Waals surface area contributed by atoms with Gasteiger partial charge in [0.05, 0.1) is 6.61 Å². The molecule has 1 rings (SSSR count). The number of hydrogen-bond donors (Lipinski definition) is 1. The molecule has 0 aliphatic heterocycles. The van der Waals surface area contributed by atoms with Crippen LogP contribution in [0.1, 0.15) is 12.5 Å². The quantitative estimate of drug-likeness (QED) is 0.814. The first-order chi connectivity index (χ1) is 8.21. The minimum absolute atomic E-state index is 0.0101. The number of likely N-dealkylation sites (N-methyl/N-ethyl adjacent to an activating group) is 1. The third-order valence-corrected chi connectivity index (χ3v) is 2.85. The van der Waals surface area contributed by atoms with Crippen molar-refractivity contribution >= 4 is 11.6 Å². The van der Waals surface area contributed by atoms with Crippen molar-refractivity contribution in [3.8, 4) is 5.75 Å². The van der Waals surface area contributed by atoms with Crippen molar-refractivity contribution in [1.82, 2.24) is 5.32 Å². The summed E-state index contributed by atoms with van der Waals surface area (Å²) in [7, 11) is 3.57. The highest BCUT2D eigenvalue weighted by atomic mass is 35.5. The minimum Gasteiger partial charge on any atom is -0.487 e. The number of nitrogens with one attached hydrogen (secondary N) is 1. The molecule has 3 nitrogen and oxygen atoms in total. The SMILES string of the molecule is CCc1cc(OC(CNC)COC)ccc1Cl. The number of rotatable bonds is 7. The Balaban J connectivity index is 2.71. The van der Waals surface area contributed by atoms with Gasteiger partial charge in [0.1, 0.15) is 11.9 Å². The number of benzene rings is 1. The molecule has 96 valence electrons. The molecule has 0 aliphatic rings. The highest BCUT2D eigenvalue weighted by Gasteiger charge is 2.10. The van der Waals surface area contributed by atoms with E-state index in [1.54, 1.807) is 7.11 Å². The summed E-state index contributed by atoms with van der Waals surface area (Å²) in [6.45, 7) is 3.38. The zero-order chi connectivity index (χ0) is 12.7. The Hall–Kier alpha value is -0.770. The fraction of sp³-hybridized carbons (Fsp3) is 0.538. The summed E-state index contributed by atoms with van der Waals surface area (Å²) < 4.78 is 11.0. The van der Waals surface area contributed by atoms with Gasteiger partial charge in [-0.05, 0) is 37.2 Å². The van der Waals surface area contributed by atoms with Gasteiger partial charge < -0.3 is 14.8 Å². The van der Waals surface area contributed by atoms with Crippen LogP contribution < -0.4 is 10.1 Å². The predicted molar refractivity (Wildman–Crippen MR) is 71.0 cm³/mol. The maximum atomic E-state index is 6.06. The lowest BCUT2D eigenvalue weighted by Crippen LogP contribution is -2.33. The highest BCUT2D eigenvalue weighted by molar-refractivity contribution is 6.31. The number of ether oxygens (including phenoxy) is 2. The Kier molecular flexibility index (Phi) is 6.34. The summed E-state index contributed by atoms with van der Waals surface area (Å²) >= 11 is 6.06. The van der Waals surface area contributed by atoms with E-state index in [-0.39, 0.29) is 6.10 Å². The van der Waals surface area contributed by atoms with Crippen molar-refractivity contribution < 1.29 is 9.47 Å². The second kappa shape index (κ2) is 7.54. The van der Waals surface area contributed by atoms with Gasteiger partial charge in [-0.3, -0.25) is 0 Å². The third kappa shape index (κ3) is 4.54. The maximum Gasteiger partial charge on any atom is 0.134 e. The summed E-state index contributed by atoms with van der Waals surface area (Å²) in [5.41, 5.74) is 1.10. The van der Waals surface area contributed by atoms with E-state index in [1.165, 1.54) is 0 Å². The molecule has 1 aromatic rings. The van der Waals surface area contributed by atoms with Crippen molar-refractivity contribution in [2.45, 2.75) is 19.4 Å². The lowest BCUT2D eigenvalue weighted by Gasteiger charge is -2.18. The molecule has 1 aromatic carbocycles. The van der Waals surface area contributed by atoms with E-state index in [0.717, 1.165) is 29.3 Å². The van der Waals surface area contributed by atoms with Crippen LogP contribution in [-0.2, 0) is 11.2 Å². The van der Waals surface area contributed by atoms with E-state index >= 15 is 0 Å². The molecule has 0 saturated carbocycles. The Morgan fingerprint density at radius 1 is 1.41 bits per heavy atom. The molecule has 17 heavy (non-hydrogen) atoms. The molecule has 1 unspecified atom stereocenters. The Morgan fingerprint density at radius 2 is 2.18 bits per heavy atom. The number of methoxy groups -OCH3 is 1. The van der Waals surface area contributed by atoms with Crippen LogP contribution in [0.4, 0.5) is 0 Å². The molecule has 0 fully saturated rings. The van der Waals surface area contributed by atoms with Crippen LogP contribution in [0.5, 0.6) is 5.75 Å². The van der Waals surface area contributed by atoms with Gasteiger partial charge in [0.2, 0.25) is 0 Å². The summed E-state index contributed by atoms with van der Waals surface area (Å²) in [5.74, 6) is 0.837. The molecule has 0 spiro atoms. The van der Waals surface area contributed by atoms with Crippen molar-refractivity contribution in [1.29, 1.82) is 0 Å². The molecule has 0 bridgehead atoms. The monoisotopic (exact) mass is 257 g/mol. The van der Waals surface area contributed by atoms with Gasteiger partial charge in [-0.2, -0.15) is 0 Å². The highest BCUT2D eigenvalue weighted by Crippen LogP contribution is 2.23. The lowest BCUT2D eigenvalue weighted by atomic mass is 10.1. The van der Waals surface area contributed by atoms with Gasteiger partial charge in [-0.1, -0.05) is 18.5 Å². The van der Waals surface area contributed by atoms with Crippen LogP contribution >= 0.6 is 11.6 Å². The molecule has 0 heterocycles. The second-order valence-electron chi connectivity index (χ2n) is 3.86. The van der Waals surface area contributed by atoms with Crippen molar-refractivity contribution in [3.63, 3.8) is 0 Å². The van der Waals surface area contributed by atoms with Gasteiger partial charge in [-0.25, -0.2) is 0 Å². The van der Waals surface area contributed by atoms with Gasteiger partial charge in [0, 0.05) is 18.7 Å². The Labute approximate surface area is 108 Å². The molecule has 0 radical (unpaired) electrons. The zero-order valence-corrected chi connectivity index (χ0v) is 11.4. The normalized spacial score (nSPS) is 12.5. The van der Waals surface area contributed by atoms with E-state index in [9.17, 15) is 0 Å². The van der Waals surface area contributed by atoms with Crippen molar-refractivity contribution in [2.24, 2.45) is 0 Å². The fourth-order valence-corrected chi connectivity index (χ4v) is 1.89. The van der Waals surface area contributed by atoms with Crippen LogP contribution in [0.25, 0.3) is 0 Å². The topological polar surface area (TPSA) is 30.5 Å². The van der Waals surface area contributed by atoms with Crippen LogP contribution in [0, 0.1) is 0 Å². The van der Waals surface area contributed by atoms with E-state index in [2.05, 4.69) is 12.2 Å². The summed E-state index contributed by atoms with van der Waals surface area (Å²) in [5, 5.41) is 3.87. The van der Waals surface area contributed by atoms with E-state index < -0.39 is 0 Å².